The Bertz CT molecular complexity index is 626. The first-order valence-corrected chi connectivity index (χ1v) is 8.46. The van der Waals surface area contributed by atoms with E-state index in [4.69, 9.17) is 21.1 Å². The number of unbranched alkanes of at least 4 members (excludes halogenated alkanes) is 1. The number of benzene rings is 2. The molecule has 0 unspecified atom stereocenters. The maximum atomic E-state index is 12.0. The number of ether oxygens (including phenoxy) is 2. The minimum absolute atomic E-state index is 0.130. The number of carbonyl (C=O) groups is 1. The van der Waals surface area contributed by atoms with E-state index in [1.807, 2.05) is 12.1 Å². The minimum Gasteiger partial charge on any atom is -0.494 e. The molecule has 0 bridgehead atoms. The quantitative estimate of drug-likeness (QED) is 0.687. The summed E-state index contributed by atoms with van der Waals surface area (Å²) in [7, 11) is 0. The van der Waals surface area contributed by atoms with Crippen LogP contribution < -0.4 is 14.8 Å². The molecule has 0 saturated heterocycles. The van der Waals surface area contributed by atoms with E-state index < -0.39 is 0 Å². The number of carbonyl (C=O) groups excluding carboxylic acids is 1. The molecule has 0 aliphatic heterocycles. The maximum absolute atomic E-state index is 12.0. The van der Waals surface area contributed by atoms with Crippen molar-refractivity contribution in [3.05, 3.63) is 59.1 Å². The van der Waals surface area contributed by atoms with Gasteiger partial charge >= 0.3 is 0 Å². The van der Waals surface area contributed by atoms with Gasteiger partial charge in [0, 0.05) is 10.6 Å². The third-order valence-corrected chi connectivity index (χ3v) is 3.61. The van der Waals surface area contributed by atoms with E-state index in [1.54, 1.807) is 36.4 Å². The van der Waals surface area contributed by atoms with Gasteiger partial charge in [-0.2, -0.15) is 0 Å². The lowest BCUT2D eigenvalue weighted by Gasteiger charge is -2.09. The van der Waals surface area contributed by atoms with Gasteiger partial charge in [0.2, 0.25) is 0 Å². The van der Waals surface area contributed by atoms with Crippen LogP contribution in [0.4, 0.5) is 0 Å². The van der Waals surface area contributed by atoms with Gasteiger partial charge in [-0.1, -0.05) is 24.9 Å². The fourth-order valence-electron chi connectivity index (χ4n) is 2.00. The van der Waals surface area contributed by atoms with Crippen LogP contribution >= 0.6 is 11.6 Å². The molecule has 0 atom stereocenters. The van der Waals surface area contributed by atoms with Crippen molar-refractivity contribution in [2.24, 2.45) is 0 Å². The summed E-state index contributed by atoms with van der Waals surface area (Å²) in [6, 6.07) is 14.3. The molecule has 4 nitrogen and oxygen atoms in total. The predicted octanol–water partition coefficient (Wildman–Crippen LogP) is 4.33. The summed E-state index contributed by atoms with van der Waals surface area (Å²) in [5.41, 5.74) is 0.601. The average Bonchev–Trinajstić information content (AvgIpc) is 2.61. The molecule has 0 saturated carbocycles. The van der Waals surface area contributed by atoms with Gasteiger partial charge in [-0.3, -0.25) is 4.79 Å². The van der Waals surface area contributed by atoms with Gasteiger partial charge in [-0.05, 0) is 55.0 Å². The van der Waals surface area contributed by atoms with Crippen LogP contribution in [-0.2, 0) is 0 Å². The largest absolute Gasteiger partial charge is 0.494 e. The molecule has 2 aromatic carbocycles. The van der Waals surface area contributed by atoms with Crippen LogP contribution in [0.15, 0.2) is 48.5 Å². The van der Waals surface area contributed by atoms with Crippen LogP contribution in [0.1, 0.15) is 30.1 Å². The van der Waals surface area contributed by atoms with E-state index in [9.17, 15) is 4.79 Å². The molecule has 0 heterocycles. The smallest absolute Gasteiger partial charge is 0.251 e. The van der Waals surface area contributed by atoms with Gasteiger partial charge in [0.05, 0.1) is 13.2 Å². The third-order valence-electron chi connectivity index (χ3n) is 3.35. The molecule has 0 radical (unpaired) electrons. The van der Waals surface area contributed by atoms with E-state index in [0.717, 1.165) is 24.3 Å². The second-order valence-electron chi connectivity index (χ2n) is 5.28. The first kappa shape index (κ1) is 18.1. The van der Waals surface area contributed by atoms with Crippen LogP contribution in [0.3, 0.4) is 0 Å². The zero-order valence-electron chi connectivity index (χ0n) is 13.8. The summed E-state index contributed by atoms with van der Waals surface area (Å²) in [5, 5.41) is 3.49. The zero-order valence-corrected chi connectivity index (χ0v) is 14.5. The van der Waals surface area contributed by atoms with Crippen molar-refractivity contribution in [3.8, 4) is 11.5 Å². The molecule has 128 valence electrons. The molecular weight excluding hydrogens is 326 g/mol. The second-order valence-corrected chi connectivity index (χ2v) is 5.72. The number of nitrogens with one attached hydrogen (secondary N) is 1. The van der Waals surface area contributed by atoms with E-state index in [-0.39, 0.29) is 5.91 Å². The van der Waals surface area contributed by atoms with E-state index in [0.29, 0.717) is 30.3 Å². The van der Waals surface area contributed by atoms with Crippen LogP contribution in [-0.4, -0.2) is 25.7 Å². The van der Waals surface area contributed by atoms with Crippen molar-refractivity contribution in [2.75, 3.05) is 19.8 Å². The minimum atomic E-state index is -0.130. The molecule has 0 aromatic heterocycles. The van der Waals surface area contributed by atoms with Gasteiger partial charge in [-0.15, -0.1) is 0 Å². The summed E-state index contributed by atoms with van der Waals surface area (Å²) in [6.45, 7) is 3.64. The summed E-state index contributed by atoms with van der Waals surface area (Å²) < 4.78 is 11.1. The second kappa shape index (κ2) is 9.83. The van der Waals surface area contributed by atoms with Crippen molar-refractivity contribution in [1.82, 2.24) is 5.32 Å². The topological polar surface area (TPSA) is 47.6 Å². The molecule has 1 N–H and O–H groups in total. The van der Waals surface area contributed by atoms with Crippen molar-refractivity contribution in [3.63, 3.8) is 0 Å². The maximum Gasteiger partial charge on any atom is 0.251 e. The molecule has 1 amide bonds. The summed E-state index contributed by atoms with van der Waals surface area (Å²) >= 11 is 5.81. The molecule has 0 aliphatic rings. The molecule has 2 rings (SSSR count). The molecule has 0 spiro atoms. The summed E-state index contributed by atoms with van der Waals surface area (Å²) in [4.78, 5) is 12.0. The van der Waals surface area contributed by atoms with E-state index in [1.165, 1.54) is 0 Å². The van der Waals surface area contributed by atoms with Crippen molar-refractivity contribution in [1.29, 1.82) is 0 Å². The van der Waals surface area contributed by atoms with Crippen molar-refractivity contribution >= 4 is 17.5 Å². The first-order valence-electron chi connectivity index (χ1n) is 8.08. The number of amides is 1. The zero-order chi connectivity index (χ0) is 17.2. The molecule has 0 aliphatic carbocycles. The Morgan fingerprint density at radius 3 is 2.17 bits per heavy atom. The van der Waals surface area contributed by atoms with Crippen LogP contribution in [0, 0.1) is 0 Å². The van der Waals surface area contributed by atoms with Crippen molar-refractivity contribution in [2.45, 2.75) is 19.8 Å². The highest BCUT2D eigenvalue weighted by Gasteiger charge is 2.05. The third kappa shape index (κ3) is 6.13. The van der Waals surface area contributed by atoms with Crippen LogP contribution in [0.2, 0.25) is 5.02 Å². The van der Waals surface area contributed by atoms with Gasteiger partial charge < -0.3 is 14.8 Å². The molecule has 0 fully saturated rings. The van der Waals surface area contributed by atoms with Crippen molar-refractivity contribution < 1.29 is 14.3 Å². The Morgan fingerprint density at radius 2 is 1.54 bits per heavy atom. The number of hydrogen-bond donors (Lipinski definition) is 1. The van der Waals surface area contributed by atoms with Gasteiger partial charge in [0.15, 0.2) is 0 Å². The monoisotopic (exact) mass is 347 g/mol. The van der Waals surface area contributed by atoms with Crippen LogP contribution in [0.5, 0.6) is 11.5 Å². The number of hydrogen-bond acceptors (Lipinski definition) is 3. The van der Waals surface area contributed by atoms with E-state index >= 15 is 0 Å². The molecule has 24 heavy (non-hydrogen) atoms. The van der Waals surface area contributed by atoms with Gasteiger partial charge in [0.25, 0.3) is 5.91 Å². The van der Waals surface area contributed by atoms with Gasteiger partial charge in [-0.25, -0.2) is 0 Å². The summed E-state index contributed by atoms with van der Waals surface area (Å²) in [6.07, 6.45) is 2.12. The lowest BCUT2D eigenvalue weighted by atomic mass is 10.2. The average molecular weight is 348 g/mol. The standard InChI is InChI=1S/C19H22ClNO3/c1-2-3-13-23-17-8-4-15(5-9-17)19(22)21-12-14-24-18-10-6-16(20)7-11-18/h4-11H,2-3,12-14H2,1H3,(H,21,22). The first-order chi connectivity index (χ1) is 11.7. The molecular formula is C19H22ClNO3. The molecule has 2 aromatic rings. The van der Waals surface area contributed by atoms with Crippen LogP contribution in [0.25, 0.3) is 0 Å². The number of rotatable bonds is 9. The predicted molar refractivity (Wildman–Crippen MR) is 96.1 cm³/mol. The Kier molecular flexibility index (Phi) is 7.43. The Labute approximate surface area is 147 Å². The molecule has 5 heteroatoms. The van der Waals surface area contributed by atoms with Gasteiger partial charge in [0.1, 0.15) is 18.1 Å². The highest BCUT2D eigenvalue weighted by molar-refractivity contribution is 6.30. The highest BCUT2D eigenvalue weighted by atomic mass is 35.5. The Hall–Kier alpha value is -2.20. The lowest BCUT2D eigenvalue weighted by Crippen LogP contribution is -2.28. The Balaban J connectivity index is 1.71. The lowest BCUT2D eigenvalue weighted by molar-refractivity contribution is 0.0947. The fraction of sp³-hybridized carbons (Fsp3) is 0.316. The SMILES string of the molecule is CCCCOc1ccc(C(=O)NCCOc2ccc(Cl)cc2)cc1. The number of halogens is 1. The summed E-state index contributed by atoms with van der Waals surface area (Å²) in [5.74, 6) is 1.38. The highest BCUT2D eigenvalue weighted by Crippen LogP contribution is 2.15. The van der Waals surface area contributed by atoms with E-state index in [2.05, 4.69) is 12.2 Å². The fourth-order valence-corrected chi connectivity index (χ4v) is 2.13. The normalized spacial score (nSPS) is 10.2. The Morgan fingerprint density at radius 1 is 0.958 bits per heavy atom.